The number of methoxy groups -OCH3 is 1. The maximum Gasteiger partial charge on any atom is 0.282 e. The van der Waals surface area contributed by atoms with E-state index < -0.39 is 0 Å². The van der Waals surface area contributed by atoms with Crippen molar-refractivity contribution in [1.29, 1.82) is 0 Å². The lowest BCUT2D eigenvalue weighted by atomic mass is 10.2. The van der Waals surface area contributed by atoms with Gasteiger partial charge in [0.15, 0.2) is 11.5 Å². The topological polar surface area (TPSA) is 65.7 Å². The van der Waals surface area contributed by atoms with E-state index in [2.05, 4.69) is 32.9 Å². The summed E-state index contributed by atoms with van der Waals surface area (Å²) in [5.41, 5.74) is 1.25. The molecule has 0 fully saturated rings. The Labute approximate surface area is 178 Å². The average Bonchev–Trinajstić information content (AvgIpc) is 2.73. The van der Waals surface area contributed by atoms with Gasteiger partial charge in [0.25, 0.3) is 5.56 Å². The maximum atomic E-state index is 13.0. The molecule has 0 bridgehead atoms. The predicted octanol–water partition coefficient (Wildman–Crippen LogP) is 4.79. The zero-order valence-corrected chi connectivity index (χ0v) is 18.6. The normalized spacial score (nSPS) is 12.4. The van der Waals surface area contributed by atoms with Crippen molar-refractivity contribution in [3.05, 3.63) is 62.6 Å². The molecule has 152 valence electrons. The Morgan fingerprint density at radius 1 is 1.21 bits per heavy atom. The maximum absolute atomic E-state index is 13.0. The first-order valence-corrected chi connectivity index (χ1v) is 10.4. The highest BCUT2D eigenvalue weighted by atomic mass is 79.9. The van der Waals surface area contributed by atoms with Crippen LogP contribution in [0.15, 0.2) is 50.8 Å². The molecule has 0 aliphatic rings. The Morgan fingerprint density at radius 2 is 2.00 bits per heavy atom. The summed E-state index contributed by atoms with van der Waals surface area (Å²) in [5.74, 6) is 1.91. The lowest BCUT2D eigenvalue weighted by Crippen LogP contribution is -2.22. The smallest absolute Gasteiger partial charge is 0.282 e. The molecule has 1 heterocycles. The Hall–Kier alpha value is -2.67. The molecule has 3 aromatic rings. The molecule has 0 N–H and O–H groups in total. The summed E-state index contributed by atoms with van der Waals surface area (Å²) in [4.78, 5) is 17.5. The number of ether oxygens (including phenoxy) is 2. The van der Waals surface area contributed by atoms with E-state index in [4.69, 9.17) is 9.47 Å². The summed E-state index contributed by atoms with van der Waals surface area (Å²) >= 11 is 3.41. The molecular weight excluding hydrogens is 434 g/mol. The van der Waals surface area contributed by atoms with Crippen LogP contribution >= 0.6 is 15.9 Å². The van der Waals surface area contributed by atoms with Crippen LogP contribution in [0.2, 0.25) is 0 Å². The second-order valence-corrected chi connectivity index (χ2v) is 7.57. The Balaban J connectivity index is 2.00. The van der Waals surface area contributed by atoms with Crippen LogP contribution in [0, 0.1) is 0 Å². The molecule has 0 radical (unpaired) electrons. The summed E-state index contributed by atoms with van der Waals surface area (Å²) in [7, 11) is 1.60. The van der Waals surface area contributed by atoms with Crippen LogP contribution < -0.4 is 15.0 Å². The van der Waals surface area contributed by atoms with E-state index in [-0.39, 0.29) is 11.7 Å². The summed E-state index contributed by atoms with van der Waals surface area (Å²) in [6.45, 7) is 6.03. The first kappa shape index (κ1) is 21.0. The van der Waals surface area contributed by atoms with Gasteiger partial charge >= 0.3 is 0 Å². The van der Waals surface area contributed by atoms with Gasteiger partial charge in [-0.1, -0.05) is 29.8 Å². The van der Waals surface area contributed by atoms with Crippen molar-refractivity contribution < 1.29 is 9.47 Å². The monoisotopic (exact) mass is 457 g/mol. The van der Waals surface area contributed by atoms with Crippen LogP contribution in [0.4, 0.5) is 0 Å². The predicted molar refractivity (Wildman–Crippen MR) is 119 cm³/mol. The molecule has 1 aromatic heterocycles. The largest absolute Gasteiger partial charge is 0.493 e. The van der Waals surface area contributed by atoms with E-state index in [0.29, 0.717) is 34.6 Å². The minimum atomic E-state index is -0.201. The van der Waals surface area contributed by atoms with Crippen LogP contribution in [-0.2, 0) is 6.42 Å². The highest BCUT2D eigenvalue weighted by Gasteiger charge is 2.11. The number of halogens is 1. The van der Waals surface area contributed by atoms with Crippen molar-refractivity contribution in [2.75, 3.05) is 7.11 Å². The molecular formula is C22H24BrN3O3. The highest BCUT2D eigenvalue weighted by molar-refractivity contribution is 9.10. The molecule has 0 aliphatic heterocycles. The van der Waals surface area contributed by atoms with Gasteiger partial charge in [0, 0.05) is 10.9 Å². The summed E-state index contributed by atoms with van der Waals surface area (Å²) in [6, 6.07) is 11.0. The van der Waals surface area contributed by atoms with Gasteiger partial charge in [0.05, 0.1) is 30.3 Å². The molecule has 6 nitrogen and oxygen atoms in total. The highest BCUT2D eigenvalue weighted by Crippen LogP contribution is 2.29. The van der Waals surface area contributed by atoms with Crippen LogP contribution in [0.5, 0.6) is 11.5 Å². The molecule has 2 aromatic carbocycles. The van der Waals surface area contributed by atoms with Gasteiger partial charge in [-0.25, -0.2) is 4.98 Å². The zero-order chi connectivity index (χ0) is 21.0. The second-order valence-electron chi connectivity index (χ2n) is 6.65. The van der Waals surface area contributed by atoms with Crippen LogP contribution in [0.1, 0.15) is 38.6 Å². The summed E-state index contributed by atoms with van der Waals surface area (Å²) < 4.78 is 13.5. The number of aromatic nitrogens is 2. The number of fused-ring (bicyclic) bond motifs is 1. The molecule has 0 saturated heterocycles. The van der Waals surface area contributed by atoms with Crippen molar-refractivity contribution in [2.45, 2.75) is 39.7 Å². The molecule has 0 saturated carbocycles. The first-order valence-electron chi connectivity index (χ1n) is 9.57. The van der Waals surface area contributed by atoms with Crippen molar-refractivity contribution in [2.24, 2.45) is 5.10 Å². The van der Waals surface area contributed by atoms with Crippen molar-refractivity contribution >= 4 is 33.0 Å². The molecule has 7 heteroatoms. The lowest BCUT2D eigenvalue weighted by Gasteiger charge is -2.15. The van der Waals surface area contributed by atoms with E-state index in [9.17, 15) is 4.79 Å². The summed E-state index contributed by atoms with van der Waals surface area (Å²) in [5, 5.41) is 4.93. The van der Waals surface area contributed by atoms with Crippen molar-refractivity contribution in [1.82, 2.24) is 9.66 Å². The van der Waals surface area contributed by atoms with E-state index in [1.165, 1.54) is 4.68 Å². The number of hydrogen-bond donors (Lipinski definition) is 0. The molecule has 0 aliphatic carbocycles. The van der Waals surface area contributed by atoms with E-state index in [1.807, 2.05) is 44.2 Å². The van der Waals surface area contributed by atoms with Gasteiger partial charge in [-0.15, -0.1) is 0 Å². The number of rotatable bonds is 7. The third kappa shape index (κ3) is 4.67. The minimum absolute atomic E-state index is 0.0945. The Morgan fingerprint density at radius 3 is 2.69 bits per heavy atom. The zero-order valence-electron chi connectivity index (χ0n) is 17.0. The molecule has 1 atom stereocenters. The number of aryl methyl sites for hydroxylation is 1. The Kier molecular flexibility index (Phi) is 6.69. The van der Waals surface area contributed by atoms with Gasteiger partial charge in [-0.05, 0) is 55.3 Å². The number of hydrogen-bond acceptors (Lipinski definition) is 5. The van der Waals surface area contributed by atoms with Crippen molar-refractivity contribution in [3.63, 3.8) is 0 Å². The van der Waals surface area contributed by atoms with Gasteiger partial charge in [-0.2, -0.15) is 9.78 Å². The molecule has 0 amide bonds. The number of benzene rings is 2. The fourth-order valence-electron chi connectivity index (χ4n) is 2.83. The van der Waals surface area contributed by atoms with Crippen LogP contribution in [-0.4, -0.2) is 29.1 Å². The fraction of sp³-hybridized carbons (Fsp3) is 0.318. The van der Waals surface area contributed by atoms with E-state index in [0.717, 1.165) is 16.5 Å². The minimum Gasteiger partial charge on any atom is -0.493 e. The third-order valence-electron chi connectivity index (χ3n) is 4.60. The van der Waals surface area contributed by atoms with Crippen LogP contribution in [0.25, 0.3) is 10.9 Å². The van der Waals surface area contributed by atoms with Crippen LogP contribution in [0.3, 0.4) is 0 Å². The van der Waals surface area contributed by atoms with Gasteiger partial charge in [0.1, 0.15) is 5.82 Å². The van der Waals surface area contributed by atoms with Crippen molar-refractivity contribution in [3.8, 4) is 11.5 Å². The van der Waals surface area contributed by atoms with E-state index >= 15 is 0 Å². The van der Waals surface area contributed by atoms with Gasteiger partial charge in [-0.3, -0.25) is 4.79 Å². The lowest BCUT2D eigenvalue weighted by molar-refractivity contribution is 0.207. The van der Waals surface area contributed by atoms with E-state index in [1.54, 1.807) is 19.4 Å². The quantitative estimate of drug-likeness (QED) is 0.478. The second kappa shape index (κ2) is 9.22. The molecule has 3 rings (SSSR count). The Bertz CT molecular complexity index is 1110. The first-order chi connectivity index (χ1) is 14.0. The summed E-state index contributed by atoms with van der Waals surface area (Å²) in [6.07, 6.45) is 3.21. The molecule has 0 spiro atoms. The SMILES string of the molecule is CCc1nc2ccc(Br)cc2c(=O)n1N=Cc1ccc(O[C@@H](C)CC)c(OC)c1. The fourth-order valence-corrected chi connectivity index (χ4v) is 3.19. The average molecular weight is 458 g/mol. The molecule has 29 heavy (non-hydrogen) atoms. The van der Waals surface area contributed by atoms with Gasteiger partial charge < -0.3 is 9.47 Å². The van der Waals surface area contributed by atoms with Gasteiger partial charge in [0.2, 0.25) is 0 Å². The number of nitrogens with zero attached hydrogens (tertiary/aromatic N) is 3. The molecule has 0 unspecified atom stereocenters. The third-order valence-corrected chi connectivity index (χ3v) is 5.10. The standard InChI is InChI=1S/C22H24BrN3O3/c1-5-14(3)29-19-10-7-15(11-20(19)28-4)13-24-26-21(6-2)25-18-9-8-16(23)12-17(18)22(26)27/h7-14H,5-6H2,1-4H3/t14-/m0/s1.